The lowest BCUT2D eigenvalue weighted by Crippen LogP contribution is -2.40. The van der Waals surface area contributed by atoms with Gasteiger partial charge in [0.2, 0.25) is 10.0 Å². The molecule has 0 bridgehead atoms. The minimum atomic E-state index is -4.00. The number of ketones is 1. The molecule has 1 aliphatic rings. The molecule has 2 aromatic rings. The summed E-state index contributed by atoms with van der Waals surface area (Å²) in [5, 5.41) is 10.9. The molecule has 0 aromatic heterocycles. The first-order valence-electron chi connectivity index (χ1n) is 8.18. The maximum Gasteiger partial charge on any atom is 0.270 e. The van der Waals surface area contributed by atoms with Crippen molar-refractivity contribution in [3.63, 3.8) is 0 Å². The summed E-state index contributed by atoms with van der Waals surface area (Å²) in [7, 11) is -4.00. The predicted molar refractivity (Wildman–Crippen MR) is 95.5 cm³/mol. The number of hydrogen-bond donors (Lipinski definition) is 0. The highest BCUT2D eigenvalue weighted by molar-refractivity contribution is 7.89. The quantitative estimate of drug-likeness (QED) is 0.455. The molecule has 2 aromatic carbocycles. The molecule has 1 fully saturated rings. The molecule has 0 unspecified atom stereocenters. The van der Waals surface area contributed by atoms with Gasteiger partial charge in [0.25, 0.3) is 5.69 Å². The van der Waals surface area contributed by atoms with Crippen LogP contribution in [-0.4, -0.2) is 36.0 Å². The molecule has 0 N–H and O–H groups in total. The SMILES string of the molecule is Cc1ccc(C(=O)[C@@H]2CCCN2S(=O)(=O)c2cccc([N+](=O)[O-])c2)cc1. The zero-order valence-corrected chi connectivity index (χ0v) is 15.0. The van der Waals surface area contributed by atoms with Gasteiger partial charge in [0, 0.05) is 24.2 Å². The average molecular weight is 374 g/mol. The van der Waals surface area contributed by atoms with Gasteiger partial charge >= 0.3 is 0 Å². The van der Waals surface area contributed by atoms with E-state index < -0.39 is 21.0 Å². The van der Waals surface area contributed by atoms with Gasteiger partial charge < -0.3 is 0 Å². The van der Waals surface area contributed by atoms with Gasteiger partial charge in [-0.15, -0.1) is 0 Å². The number of non-ortho nitro benzene ring substituents is 1. The molecule has 0 aliphatic carbocycles. The third-order valence-corrected chi connectivity index (χ3v) is 6.38. The largest absolute Gasteiger partial charge is 0.292 e. The first kappa shape index (κ1) is 18.2. The number of nitro benzene ring substituents is 1. The Kier molecular flexibility index (Phi) is 4.88. The van der Waals surface area contributed by atoms with Crippen molar-refractivity contribution in [3.8, 4) is 0 Å². The molecular weight excluding hydrogens is 356 g/mol. The third-order valence-electron chi connectivity index (χ3n) is 4.48. The lowest BCUT2D eigenvalue weighted by atomic mass is 10.0. The van der Waals surface area contributed by atoms with Gasteiger partial charge in [-0.1, -0.05) is 35.9 Å². The molecule has 0 radical (unpaired) electrons. The molecule has 3 rings (SSSR count). The van der Waals surface area contributed by atoms with Crippen LogP contribution in [0.2, 0.25) is 0 Å². The van der Waals surface area contributed by atoms with Crippen LogP contribution in [0.25, 0.3) is 0 Å². The first-order valence-corrected chi connectivity index (χ1v) is 9.62. The molecule has 0 spiro atoms. The number of rotatable bonds is 5. The summed E-state index contributed by atoms with van der Waals surface area (Å²) < 4.78 is 27.1. The highest BCUT2D eigenvalue weighted by Crippen LogP contribution is 2.29. The van der Waals surface area contributed by atoms with E-state index in [1.54, 1.807) is 12.1 Å². The van der Waals surface area contributed by atoms with E-state index in [4.69, 9.17) is 0 Å². The van der Waals surface area contributed by atoms with Crippen LogP contribution in [0.3, 0.4) is 0 Å². The van der Waals surface area contributed by atoms with E-state index in [-0.39, 0.29) is 22.9 Å². The molecule has 1 aliphatic heterocycles. The van der Waals surface area contributed by atoms with Gasteiger partial charge in [0.15, 0.2) is 5.78 Å². The van der Waals surface area contributed by atoms with E-state index in [0.717, 1.165) is 15.9 Å². The number of carbonyl (C=O) groups is 1. The van der Waals surface area contributed by atoms with E-state index in [0.29, 0.717) is 18.4 Å². The van der Waals surface area contributed by atoms with Crippen molar-refractivity contribution in [1.82, 2.24) is 4.31 Å². The van der Waals surface area contributed by atoms with E-state index in [1.807, 2.05) is 19.1 Å². The third kappa shape index (κ3) is 3.38. The standard InChI is InChI=1S/C18H18N2O5S/c1-13-7-9-14(10-8-13)18(21)17-6-3-11-19(17)26(24,25)16-5-2-4-15(12-16)20(22)23/h2,4-5,7-10,12,17H,3,6,11H2,1H3/t17-/m0/s1. The van der Waals surface area contributed by atoms with Crippen LogP contribution in [0, 0.1) is 17.0 Å². The van der Waals surface area contributed by atoms with E-state index >= 15 is 0 Å². The van der Waals surface area contributed by atoms with Crippen LogP contribution in [0.4, 0.5) is 5.69 Å². The van der Waals surface area contributed by atoms with Crippen LogP contribution in [0.1, 0.15) is 28.8 Å². The van der Waals surface area contributed by atoms with E-state index in [9.17, 15) is 23.3 Å². The zero-order chi connectivity index (χ0) is 18.9. The van der Waals surface area contributed by atoms with Crippen molar-refractivity contribution in [2.75, 3.05) is 6.54 Å². The fourth-order valence-corrected chi connectivity index (χ4v) is 4.79. The summed E-state index contributed by atoms with van der Waals surface area (Å²) in [6, 6.07) is 11.1. The number of aryl methyl sites for hydroxylation is 1. The average Bonchev–Trinajstić information content (AvgIpc) is 3.12. The van der Waals surface area contributed by atoms with Crippen LogP contribution >= 0.6 is 0 Å². The summed E-state index contributed by atoms with van der Waals surface area (Å²) in [4.78, 5) is 22.9. The Hall–Kier alpha value is -2.58. The maximum atomic E-state index is 13.0. The van der Waals surface area contributed by atoms with Gasteiger partial charge in [-0.25, -0.2) is 8.42 Å². The van der Waals surface area contributed by atoms with Crippen molar-refractivity contribution in [2.45, 2.75) is 30.7 Å². The fraction of sp³-hybridized carbons (Fsp3) is 0.278. The molecule has 1 saturated heterocycles. The Labute approximate surface area is 151 Å². The smallest absolute Gasteiger partial charge is 0.270 e. The van der Waals surface area contributed by atoms with Gasteiger partial charge in [-0.3, -0.25) is 14.9 Å². The lowest BCUT2D eigenvalue weighted by molar-refractivity contribution is -0.385. The van der Waals surface area contributed by atoms with Gasteiger partial charge in [0.05, 0.1) is 15.9 Å². The maximum absolute atomic E-state index is 13.0. The summed E-state index contributed by atoms with van der Waals surface area (Å²) in [5.74, 6) is -0.253. The van der Waals surface area contributed by atoms with Crippen LogP contribution < -0.4 is 0 Å². The zero-order valence-electron chi connectivity index (χ0n) is 14.2. The van der Waals surface area contributed by atoms with Crippen LogP contribution in [-0.2, 0) is 10.0 Å². The highest BCUT2D eigenvalue weighted by atomic mass is 32.2. The van der Waals surface area contributed by atoms with Crippen LogP contribution in [0.15, 0.2) is 53.4 Å². The van der Waals surface area contributed by atoms with Crippen molar-refractivity contribution < 1.29 is 18.1 Å². The Morgan fingerprint density at radius 3 is 2.54 bits per heavy atom. The summed E-state index contributed by atoms with van der Waals surface area (Å²) >= 11 is 0. The Morgan fingerprint density at radius 1 is 1.19 bits per heavy atom. The Bertz CT molecular complexity index is 954. The fourth-order valence-electron chi connectivity index (χ4n) is 3.09. The normalized spacial score (nSPS) is 18.0. The minimum absolute atomic E-state index is 0.171. The minimum Gasteiger partial charge on any atom is -0.292 e. The van der Waals surface area contributed by atoms with Crippen LogP contribution in [0.5, 0.6) is 0 Å². The van der Waals surface area contributed by atoms with Crippen molar-refractivity contribution in [3.05, 3.63) is 69.8 Å². The number of Topliss-reactive ketones (excluding diaryl/α,β-unsaturated/α-hetero) is 1. The van der Waals surface area contributed by atoms with Gasteiger partial charge in [0.1, 0.15) is 0 Å². The monoisotopic (exact) mass is 374 g/mol. The molecule has 1 heterocycles. The number of hydrogen-bond acceptors (Lipinski definition) is 5. The molecule has 136 valence electrons. The molecular formula is C18H18N2O5S. The Balaban J connectivity index is 1.94. The van der Waals surface area contributed by atoms with Crippen molar-refractivity contribution >= 4 is 21.5 Å². The highest BCUT2D eigenvalue weighted by Gasteiger charge is 2.40. The molecule has 8 heteroatoms. The number of nitrogens with zero attached hydrogens (tertiary/aromatic N) is 2. The summed E-state index contributed by atoms with van der Waals surface area (Å²) in [5.41, 5.74) is 1.17. The Morgan fingerprint density at radius 2 is 1.88 bits per heavy atom. The molecule has 26 heavy (non-hydrogen) atoms. The number of sulfonamides is 1. The second kappa shape index (κ2) is 6.97. The molecule has 0 saturated carbocycles. The van der Waals surface area contributed by atoms with Crippen molar-refractivity contribution in [2.24, 2.45) is 0 Å². The summed E-state index contributed by atoms with van der Waals surface area (Å²) in [6.07, 6.45) is 0.997. The topological polar surface area (TPSA) is 97.6 Å². The number of carbonyl (C=O) groups excluding carboxylic acids is 1. The first-order chi connectivity index (χ1) is 12.3. The predicted octanol–water partition coefficient (Wildman–Crippen LogP) is 2.94. The van der Waals surface area contributed by atoms with E-state index in [1.165, 1.54) is 18.2 Å². The number of benzene rings is 2. The second-order valence-corrected chi connectivity index (χ2v) is 8.15. The van der Waals surface area contributed by atoms with Gasteiger partial charge in [-0.2, -0.15) is 4.31 Å². The second-order valence-electron chi connectivity index (χ2n) is 6.26. The van der Waals surface area contributed by atoms with Gasteiger partial charge in [-0.05, 0) is 25.8 Å². The number of nitro groups is 1. The molecule has 7 nitrogen and oxygen atoms in total. The molecule has 1 atom stereocenters. The van der Waals surface area contributed by atoms with Crippen molar-refractivity contribution in [1.29, 1.82) is 0 Å². The molecule has 0 amide bonds. The summed E-state index contributed by atoms with van der Waals surface area (Å²) in [6.45, 7) is 2.12. The lowest BCUT2D eigenvalue weighted by Gasteiger charge is -2.23. The van der Waals surface area contributed by atoms with E-state index in [2.05, 4.69) is 0 Å².